The number of amides is 1. The third-order valence-electron chi connectivity index (χ3n) is 4.51. The lowest BCUT2D eigenvalue weighted by Crippen LogP contribution is -2.36. The van der Waals surface area contributed by atoms with Gasteiger partial charge in [0.15, 0.2) is 0 Å². The number of nitrogens with one attached hydrogen (secondary N) is 1. The summed E-state index contributed by atoms with van der Waals surface area (Å²) < 4.78 is 5.35. The van der Waals surface area contributed by atoms with Gasteiger partial charge >= 0.3 is 0 Å². The van der Waals surface area contributed by atoms with Gasteiger partial charge in [0, 0.05) is 42.5 Å². The van der Waals surface area contributed by atoms with Gasteiger partial charge in [0.05, 0.1) is 18.1 Å². The first-order chi connectivity index (χ1) is 12.6. The zero-order valence-electron chi connectivity index (χ0n) is 14.6. The summed E-state index contributed by atoms with van der Waals surface area (Å²) in [7, 11) is 0. The van der Waals surface area contributed by atoms with Crippen molar-refractivity contribution >= 4 is 17.3 Å². The Morgan fingerprint density at radius 2 is 1.88 bits per heavy atom. The number of carbonyl (C=O) groups excluding carboxylic acids is 1. The molecule has 26 heavy (non-hydrogen) atoms. The minimum absolute atomic E-state index is 0.0486. The molecule has 0 atom stereocenters. The summed E-state index contributed by atoms with van der Waals surface area (Å²) in [5, 5.41) is 13.8. The SMILES string of the molecule is Cc1c(C(=O)NCc2ccc(N3CCOCC3)cc2)cccc1[N+](=O)[O-]. The molecule has 2 aromatic rings. The van der Waals surface area contributed by atoms with E-state index in [-0.39, 0.29) is 11.6 Å². The van der Waals surface area contributed by atoms with E-state index >= 15 is 0 Å². The van der Waals surface area contributed by atoms with E-state index in [0.717, 1.165) is 37.6 Å². The molecule has 1 aliphatic rings. The Labute approximate surface area is 151 Å². The van der Waals surface area contributed by atoms with Crippen molar-refractivity contribution in [1.29, 1.82) is 0 Å². The second-order valence-electron chi connectivity index (χ2n) is 6.16. The number of rotatable bonds is 5. The van der Waals surface area contributed by atoms with Gasteiger partial charge in [0.1, 0.15) is 0 Å². The average Bonchev–Trinajstić information content (AvgIpc) is 2.67. The third kappa shape index (κ3) is 4.00. The molecule has 1 fully saturated rings. The number of hydrogen-bond donors (Lipinski definition) is 1. The van der Waals surface area contributed by atoms with E-state index in [1.165, 1.54) is 12.1 Å². The van der Waals surface area contributed by atoms with Gasteiger partial charge in [-0.15, -0.1) is 0 Å². The fraction of sp³-hybridized carbons (Fsp3) is 0.316. The number of nitrogens with zero attached hydrogens (tertiary/aromatic N) is 2. The minimum Gasteiger partial charge on any atom is -0.378 e. The maximum absolute atomic E-state index is 12.4. The normalized spacial score (nSPS) is 14.1. The zero-order valence-corrected chi connectivity index (χ0v) is 14.6. The molecule has 0 spiro atoms. The molecule has 1 heterocycles. The van der Waals surface area contributed by atoms with E-state index in [4.69, 9.17) is 4.74 Å². The summed E-state index contributed by atoms with van der Waals surface area (Å²) in [6, 6.07) is 12.5. The van der Waals surface area contributed by atoms with Crippen molar-refractivity contribution < 1.29 is 14.5 Å². The number of morpholine rings is 1. The summed E-state index contributed by atoms with van der Waals surface area (Å²) in [5.41, 5.74) is 2.76. The van der Waals surface area contributed by atoms with Crippen LogP contribution in [0.1, 0.15) is 21.5 Å². The molecule has 0 aromatic heterocycles. The third-order valence-corrected chi connectivity index (χ3v) is 4.51. The number of ether oxygens (including phenoxy) is 1. The lowest BCUT2D eigenvalue weighted by molar-refractivity contribution is -0.385. The van der Waals surface area contributed by atoms with Gasteiger partial charge in [-0.25, -0.2) is 0 Å². The topological polar surface area (TPSA) is 84.7 Å². The highest BCUT2D eigenvalue weighted by Gasteiger charge is 2.17. The first kappa shape index (κ1) is 17.9. The van der Waals surface area contributed by atoms with Crippen molar-refractivity contribution in [2.45, 2.75) is 13.5 Å². The van der Waals surface area contributed by atoms with Crippen molar-refractivity contribution in [3.63, 3.8) is 0 Å². The molecule has 0 radical (unpaired) electrons. The molecule has 0 aliphatic carbocycles. The molecule has 7 heteroatoms. The molecule has 136 valence electrons. The van der Waals surface area contributed by atoms with Crippen molar-refractivity contribution in [1.82, 2.24) is 5.32 Å². The molecule has 0 unspecified atom stereocenters. The van der Waals surface area contributed by atoms with Gasteiger partial charge in [-0.2, -0.15) is 0 Å². The van der Waals surface area contributed by atoms with Crippen LogP contribution in [0.15, 0.2) is 42.5 Å². The quantitative estimate of drug-likeness (QED) is 0.658. The van der Waals surface area contributed by atoms with E-state index in [1.807, 2.05) is 24.3 Å². The van der Waals surface area contributed by atoms with E-state index in [0.29, 0.717) is 17.7 Å². The lowest BCUT2D eigenvalue weighted by atomic mass is 10.1. The van der Waals surface area contributed by atoms with E-state index in [9.17, 15) is 14.9 Å². The smallest absolute Gasteiger partial charge is 0.273 e. The molecule has 7 nitrogen and oxygen atoms in total. The number of nitro benzene ring substituents is 1. The summed E-state index contributed by atoms with van der Waals surface area (Å²) in [4.78, 5) is 25.2. The van der Waals surface area contributed by atoms with Crippen LogP contribution in [0.3, 0.4) is 0 Å². The molecule has 1 N–H and O–H groups in total. The summed E-state index contributed by atoms with van der Waals surface area (Å²) >= 11 is 0. The molecule has 1 amide bonds. The Balaban J connectivity index is 1.63. The molecule has 2 aromatic carbocycles. The molecule has 1 saturated heterocycles. The first-order valence-corrected chi connectivity index (χ1v) is 8.50. The Kier molecular flexibility index (Phi) is 5.48. The van der Waals surface area contributed by atoms with Gasteiger partial charge in [-0.05, 0) is 30.7 Å². The van der Waals surface area contributed by atoms with Crippen LogP contribution >= 0.6 is 0 Å². The molecule has 0 saturated carbocycles. The largest absolute Gasteiger partial charge is 0.378 e. The van der Waals surface area contributed by atoms with Crippen LogP contribution < -0.4 is 10.2 Å². The van der Waals surface area contributed by atoms with Crippen LogP contribution in [0.5, 0.6) is 0 Å². The molecule has 0 bridgehead atoms. The Morgan fingerprint density at radius 1 is 1.19 bits per heavy atom. The molecular formula is C19H21N3O4. The Bertz CT molecular complexity index is 799. The van der Waals surface area contributed by atoms with E-state index in [1.54, 1.807) is 13.0 Å². The van der Waals surface area contributed by atoms with Crippen LogP contribution in [0.2, 0.25) is 0 Å². The standard InChI is InChI=1S/C19H21N3O4/c1-14-17(3-2-4-18(14)22(24)25)19(23)20-13-15-5-7-16(8-6-15)21-9-11-26-12-10-21/h2-8H,9-13H2,1H3,(H,20,23). The maximum atomic E-state index is 12.4. The zero-order chi connectivity index (χ0) is 18.5. The first-order valence-electron chi connectivity index (χ1n) is 8.50. The van der Waals surface area contributed by atoms with Gasteiger partial charge < -0.3 is 15.0 Å². The monoisotopic (exact) mass is 355 g/mol. The van der Waals surface area contributed by atoms with Crippen molar-refractivity contribution in [2.75, 3.05) is 31.2 Å². The van der Waals surface area contributed by atoms with Crippen molar-refractivity contribution in [3.05, 3.63) is 69.3 Å². The number of anilines is 1. The molecule has 3 rings (SSSR count). The van der Waals surface area contributed by atoms with Gasteiger partial charge in [-0.1, -0.05) is 18.2 Å². The Hall–Kier alpha value is -2.93. The second-order valence-corrected chi connectivity index (χ2v) is 6.16. The summed E-state index contributed by atoms with van der Waals surface area (Å²) in [6.45, 7) is 5.18. The van der Waals surface area contributed by atoms with Crippen LogP contribution in [-0.4, -0.2) is 37.1 Å². The van der Waals surface area contributed by atoms with Crippen molar-refractivity contribution in [2.24, 2.45) is 0 Å². The van der Waals surface area contributed by atoms with E-state index in [2.05, 4.69) is 10.2 Å². The summed E-state index contributed by atoms with van der Waals surface area (Å²) in [6.07, 6.45) is 0. The minimum atomic E-state index is -0.476. The maximum Gasteiger partial charge on any atom is 0.273 e. The number of benzene rings is 2. The predicted octanol–water partition coefficient (Wildman–Crippen LogP) is 2.67. The van der Waals surface area contributed by atoms with Crippen LogP contribution in [0, 0.1) is 17.0 Å². The van der Waals surface area contributed by atoms with Gasteiger partial charge in [0.2, 0.25) is 0 Å². The fourth-order valence-electron chi connectivity index (χ4n) is 2.99. The van der Waals surface area contributed by atoms with E-state index < -0.39 is 4.92 Å². The van der Waals surface area contributed by atoms with Crippen LogP contribution in [0.4, 0.5) is 11.4 Å². The van der Waals surface area contributed by atoms with Crippen LogP contribution in [-0.2, 0) is 11.3 Å². The van der Waals surface area contributed by atoms with Crippen molar-refractivity contribution in [3.8, 4) is 0 Å². The average molecular weight is 355 g/mol. The number of carbonyl (C=O) groups is 1. The highest BCUT2D eigenvalue weighted by Crippen LogP contribution is 2.21. The second kappa shape index (κ2) is 7.97. The Morgan fingerprint density at radius 3 is 2.54 bits per heavy atom. The fourth-order valence-corrected chi connectivity index (χ4v) is 2.99. The predicted molar refractivity (Wildman–Crippen MR) is 98.5 cm³/mol. The summed E-state index contributed by atoms with van der Waals surface area (Å²) in [5.74, 6) is -0.316. The highest BCUT2D eigenvalue weighted by atomic mass is 16.6. The number of nitro groups is 1. The number of hydrogen-bond acceptors (Lipinski definition) is 5. The lowest BCUT2D eigenvalue weighted by Gasteiger charge is -2.28. The highest BCUT2D eigenvalue weighted by molar-refractivity contribution is 5.96. The molecular weight excluding hydrogens is 334 g/mol. The molecule has 1 aliphatic heterocycles. The van der Waals surface area contributed by atoms with Crippen LogP contribution in [0.25, 0.3) is 0 Å². The van der Waals surface area contributed by atoms with Gasteiger partial charge in [0.25, 0.3) is 11.6 Å². The van der Waals surface area contributed by atoms with Gasteiger partial charge in [-0.3, -0.25) is 14.9 Å².